The summed E-state index contributed by atoms with van der Waals surface area (Å²) in [6.45, 7) is 13.2. The van der Waals surface area contributed by atoms with Gasteiger partial charge in [-0.15, -0.1) is 0 Å². The molecule has 0 fully saturated rings. The fourth-order valence-electron chi connectivity index (χ4n) is 4.54. The molecule has 0 unspecified atom stereocenters. The van der Waals surface area contributed by atoms with Crippen LogP contribution in [0.4, 0.5) is 8.78 Å². The normalized spacial score (nSPS) is 12.5. The molecular formula is C20H42F2SiSn. The van der Waals surface area contributed by atoms with E-state index < -0.39 is 32.5 Å². The minimum atomic E-state index is -3.00. The van der Waals surface area contributed by atoms with Crippen LogP contribution in [-0.4, -0.2) is 26.5 Å². The third-order valence-electron chi connectivity index (χ3n) is 6.31. The third-order valence-corrected chi connectivity index (χ3v) is 34.5. The van der Waals surface area contributed by atoms with Crippen molar-refractivity contribution in [3.63, 3.8) is 0 Å². The molecule has 0 amide bonds. The number of hydrogen-bond donors (Lipinski definition) is 0. The van der Waals surface area contributed by atoms with Crippen molar-refractivity contribution >= 4 is 26.5 Å². The Hall–Kier alpha value is 0.616. The molecule has 24 heavy (non-hydrogen) atoms. The average molecular weight is 467 g/mol. The van der Waals surface area contributed by atoms with Crippen molar-refractivity contribution in [3.8, 4) is 0 Å². The molecule has 0 aromatic rings. The Bertz CT molecular complexity index is 331. The van der Waals surface area contributed by atoms with Crippen LogP contribution in [0.15, 0.2) is 9.29 Å². The molecule has 0 aromatic carbocycles. The minimum absolute atomic E-state index is 0.889. The van der Waals surface area contributed by atoms with Crippen molar-refractivity contribution in [2.75, 3.05) is 0 Å². The number of hydrogen-bond acceptors (Lipinski definition) is 0. The quantitative estimate of drug-likeness (QED) is 0.225. The summed E-state index contributed by atoms with van der Waals surface area (Å²) in [6.07, 6.45) is 5.74. The van der Waals surface area contributed by atoms with Gasteiger partial charge in [0.05, 0.1) is 0 Å². The topological polar surface area (TPSA) is 0 Å². The summed E-state index contributed by atoms with van der Waals surface area (Å²) in [5, 5.41) is 0. The van der Waals surface area contributed by atoms with Crippen LogP contribution in [0.25, 0.3) is 0 Å². The van der Waals surface area contributed by atoms with E-state index in [1.54, 1.807) is 0 Å². The van der Waals surface area contributed by atoms with Gasteiger partial charge in [0.2, 0.25) is 0 Å². The molecule has 0 saturated heterocycles. The Kier molecular flexibility index (Phi) is 13.2. The van der Waals surface area contributed by atoms with Crippen LogP contribution in [-0.2, 0) is 0 Å². The van der Waals surface area contributed by atoms with Crippen LogP contribution in [0, 0.1) is 0 Å². The Balaban J connectivity index is 6.18. The van der Waals surface area contributed by atoms with Gasteiger partial charge in [0.25, 0.3) is 0 Å². The van der Waals surface area contributed by atoms with Gasteiger partial charge in [0.15, 0.2) is 0 Å². The second-order valence-corrected chi connectivity index (χ2v) is 27.2. The first-order chi connectivity index (χ1) is 11.4. The molecule has 0 aromatic heterocycles. The van der Waals surface area contributed by atoms with Crippen LogP contribution >= 0.6 is 0 Å². The van der Waals surface area contributed by atoms with E-state index in [1.807, 2.05) is 0 Å². The second kappa shape index (κ2) is 12.9. The summed E-state index contributed by atoms with van der Waals surface area (Å²) in [7, 11) is -1.97. The molecule has 0 heterocycles. The summed E-state index contributed by atoms with van der Waals surface area (Å²) in [4.78, 5) is 0. The van der Waals surface area contributed by atoms with Crippen molar-refractivity contribution in [1.29, 1.82) is 0 Å². The van der Waals surface area contributed by atoms with E-state index in [9.17, 15) is 8.78 Å². The SMILES string of the molecule is CCC[CH2][Sn]([CH2]CCC)([CH2]CCC)[C](=C(F)F)[Si](CC)(CC)CC. The van der Waals surface area contributed by atoms with Crippen molar-refractivity contribution < 1.29 is 8.78 Å². The average Bonchev–Trinajstić information content (AvgIpc) is 2.59. The van der Waals surface area contributed by atoms with Crippen LogP contribution < -0.4 is 0 Å². The molecular weight excluding hydrogens is 425 g/mol. The monoisotopic (exact) mass is 468 g/mol. The van der Waals surface area contributed by atoms with Gasteiger partial charge in [0, 0.05) is 0 Å². The van der Waals surface area contributed by atoms with Gasteiger partial charge >= 0.3 is 156 Å². The van der Waals surface area contributed by atoms with Gasteiger partial charge in [0.1, 0.15) is 0 Å². The standard InChI is InChI=1S/C8H15F2Si.3C4H9.Sn/c1-4-11(5-2,6-3)7-8(9)10;3*1-3-4-2;/h4-6H2,1-3H3;3*1,3-4H2,2H3;. The molecule has 0 aliphatic rings. The van der Waals surface area contributed by atoms with Crippen molar-refractivity contribution in [3.05, 3.63) is 9.29 Å². The predicted octanol–water partition coefficient (Wildman–Crippen LogP) is 8.57. The molecule has 144 valence electrons. The molecule has 0 N–H and O–H groups in total. The van der Waals surface area contributed by atoms with E-state index in [1.165, 1.54) is 32.6 Å². The van der Waals surface area contributed by atoms with E-state index in [-0.39, 0.29) is 0 Å². The van der Waals surface area contributed by atoms with Gasteiger partial charge in [-0.05, 0) is 0 Å². The van der Waals surface area contributed by atoms with Crippen molar-refractivity contribution in [2.24, 2.45) is 0 Å². The Morgan fingerprint density at radius 2 is 1.00 bits per heavy atom. The maximum atomic E-state index is 14.5. The van der Waals surface area contributed by atoms with Crippen LogP contribution in [0.1, 0.15) is 80.1 Å². The Morgan fingerprint density at radius 3 is 1.21 bits per heavy atom. The fraction of sp³-hybridized carbons (Fsp3) is 0.900. The molecule has 0 rings (SSSR count). The van der Waals surface area contributed by atoms with Gasteiger partial charge in [-0.3, -0.25) is 0 Å². The van der Waals surface area contributed by atoms with Gasteiger partial charge in [-0.1, -0.05) is 0 Å². The predicted molar refractivity (Wildman–Crippen MR) is 111 cm³/mol. The summed E-state index contributed by atoms with van der Waals surface area (Å²) in [5.74, 6) is 0. The summed E-state index contributed by atoms with van der Waals surface area (Å²) in [6, 6.07) is 3.03. The first kappa shape index (κ1) is 24.6. The summed E-state index contributed by atoms with van der Waals surface area (Å²) < 4.78 is 33.4. The Labute approximate surface area is 155 Å². The van der Waals surface area contributed by atoms with Gasteiger partial charge in [-0.25, -0.2) is 0 Å². The van der Waals surface area contributed by atoms with E-state index in [0.717, 1.165) is 40.6 Å². The van der Waals surface area contributed by atoms with Gasteiger partial charge < -0.3 is 0 Å². The molecule has 0 bridgehead atoms. The van der Waals surface area contributed by atoms with E-state index >= 15 is 0 Å². The molecule has 0 radical (unpaired) electrons. The van der Waals surface area contributed by atoms with Crippen LogP contribution in [0.5, 0.6) is 0 Å². The third kappa shape index (κ3) is 6.41. The zero-order valence-electron chi connectivity index (χ0n) is 17.2. The van der Waals surface area contributed by atoms with Crippen molar-refractivity contribution in [2.45, 2.75) is 112 Å². The second-order valence-electron chi connectivity index (χ2n) is 7.57. The van der Waals surface area contributed by atoms with Crippen LogP contribution in [0.2, 0.25) is 31.4 Å². The van der Waals surface area contributed by atoms with E-state index in [2.05, 4.69) is 41.5 Å². The number of unbranched alkanes of at least 4 members (excludes halogenated alkanes) is 3. The Morgan fingerprint density at radius 1 is 0.667 bits per heavy atom. The molecule has 0 atom stereocenters. The zero-order chi connectivity index (χ0) is 18.6. The summed E-state index contributed by atoms with van der Waals surface area (Å²) in [5.41, 5.74) is 0. The molecule has 4 heteroatoms. The molecule has 0 aliphatic carbocycles. The molecule has 0 nitrogen and oxygen atoms in total. The number of rotatable bonds is 14. The van der Waals surface area contributed by atoms with E-state index in [4.69, 9.17) is 0 Å². The van der Waals surface area contributed by atoms with Crippen LogP contribution in [0.3, 0.4) is 0 Å². The first-order valence-electron chi connectivity index (χ1n) is 10.5. The number of halogens is 2. The fourth-order valence-corrected chi connectivity index (χ4v) is 39.6. The van der Waals surface area contributed by atoms with E-state index in [0.29, 0.717) is 0 Å². The van der Waals surface area contributed by atoms with Gasteiger partial charge in [-0.2, -0.15) is 0 Å². The maximum absolute atomic E-state index is 14.5. The molecule has 0 spiro atoms. The zero-order valence-corrected chi connectivity index (χ0v) is 21.1. The van der Waals surface area contributed by atoms with Crippen molar-refractivity contribution in [1.82, 2.24) is 0 Å². The summed E-state index contributed by atoms with van der Waals surface area (Å²) >= 11 is -3.00. The molecule has 0 saturated carbocycles. The first-order valence-corrected chi connectivity index (χ1v) is 20.6. The molecule has 0 aliphatic heterocycles.